The minimum Gasteiger partial charge on any atom is -0.493 e. The minimum absolute atomic E-state index is 0.335. The molecule has 0 unspecified atom stereocenters. The second kappa shape index (κ2) is 9.55. The number of aryl methyl sites for hydroxylation is 1. The molecule has 0 aliphatic carbocycles. The quantitative estimate of drug-likeness (QED) is 0.385. The molecule has 0 spiro atoms. The fraction of sp³-hybridized carbons (Fsp3) is 0.182. The third kappa shape index (κ3) is 5.34. The Bertz CT molecular complexity index is 979. The van der Waals surface area contributed by atoms with Crippen LogP contribution in [0.3, 0.4) is 0 Å². The van der Waals surface area contributed by atoms with Gasteiger partial charge in [0.1, 0.15) is 6.61 Å². The van der Waals surface area contributed by atoms with E-state index in [1.54, 1.807) is 19.2 Å². The summed E-state index contributed by atoms with van der Waals surface area (Å²) >= 11 is 15.6. The molecule has 6 heteroatoms. The van der Waals surface area contributed by atoms with Gasteiger partial charge in [-0.3, -0.25) is 0 Å². The van der Waals surface area contributed by atoms with Crippen LogP contribution in [0, 0.1) is 6.92 Å². The number of rotatable bonds is 7. The first kappa shape index (κ1) is 20.8. The third-order valence-electron chi connectivity index (χ3n) is 4.30. The molecule has 3 aromatic rings. The normalized spacial score (nSPS) is 10.6. The van der Waals surface area contributed by atoms with Crippen molar-refractivity contribution in [3.8, 4) is 11.5 Å². The van der Waals surface area contributed by atoms with Gasteiger partial charge in [0.15, 0.2) is 11.5 Å². The fourth-order valence-corrected chi connectivity index (χ4v) is 3.70. The van der Waals surface area contributed by atoms with E-state index in [9.17, 15) is 0 Å². The molecule has 0 radical (unpaired) electrons. The van der Waals surface area contributed by atoms with Gasteiger partial charge in [-0.15, -0.1) is 0 Å². The van der Waals surface area contributed by atoms with Crippen molar-refractivity contribution in [2.75, 3.05) is 12.4 Å². The molecule has 3 nitrogen and oxygen atoms in total. The second-order valence-electron chi connectivity index (χ2n) is 6.32. The van der Waals surface area contributed by atoms with E-state index in [-0.39, 0.29) is 0 Å². The van der Waals surface area contributed by atoms with E-state index in [0.29, 0.717) is 34.7 Å². The van der Waals surface area contributed by atoms with Gasteiger partial charge in [0.25, 0.3) is 0 Å². The average molecular weight is 481 g/mol. The van der Waals surface area contributed by atoms with Gasteiger partial charge in [-0.1, -0.05) is 51.3 Å². The average Bonchev–Trinajstić information content (AvgIpc) is 2.67. The monoisotopic (exact) mass is 479 g/mol. The van der Waals surface area contributed by atoms with Crippen LogP contribution in [0.25, 0.3) is 0 Å². The van der Waals surface area contributed by atoms with Gasteiger partial charge in [-0.2, -0.15) is 0 Å². The van der Waals surface area contributed by atoms with Gasteiger partial charge in [-0.25, -0.2) is 0 Å². The summed E-state index contributed by atoms with van der Waals surface area (Å²) in [7, 11) is 1.63. The van der Waals surface area contributed by atoms with Crippen LogP contribution in [0.5, 0.6) is 11.5 Å². The molecule has 146 valence electrons. The van der Waals surface area contributed by atoms with Crippen molar-refractivity contribution in [1.29, 1.82) is 0 Å². The van der Waals surface area contributed by atoms with E-state index in [4.69, 9.17) is 32.7 Å². The Kier molecular flexibility index (Phi) is 7.11. The van der Waals surface area contributed by atoms with Gasteiger partial charge in [0.2, 0.25) is 0 Å². The predicted molar refractivity (Wildman–Crippen MR) is 120 cm³/mol. The Morgan fingerprint density at radius 2 is 1.79 bits per heavy atom. The number of ether oxygens (including phenoxy) is 2. The third-order valence-corrected chi connectivity index (χ3v) is 5.38. The number of hydrogen-bond acceptors (Lipinski definition) is 3. The number of hydrogen-bond donors (Lipinski definition) is 1. The zero-order valence-electron chi connectivity index (χ0n) is 15.6. The summed E-state index contributed by atoms with van der Waals surface area (Å²) in [6, 6.07) is 17.4. The molecule has 3 aromatic carbocycles. The van der Waals surface area contributed by atoms with Crippen molar-refractivity contribution < 1.29 is 9.47 Å². The number of methoxy groups -OCH3 is 1. The largest absolute Gasteiger partial charge is 0.493 e. The maximum Gasteiger partial charge on any atom is 0.161 e. The van der Waals surface area contributed by atoms with Gasteiger partial charge in [-0.05, 0) is 60.5 Å². The van der Waals surface area contributed by atoms with Crippen molar-refractivity contribution in [2.45, 2.75) is 20.1 Å². The van der Waals surface area contributed by atoms with E-state index < -0.39 is 0 Å². The highest BCUT2D eigenvalue weighted by atomic mass is 79.9. The van der Waals surface area contributed by atoms with Crippen molar-refractivity contribution in [1.82, 2.24) is 0 Å². The summed E-state index contributed by atoms with van der Waals surface area (Å²) in [5.41, 5.74) is 4.24. The molecule has 0 aliphatic rings. The maximum absolute atomic E-state index is 6.21. The Hall–Kier alpha value is -1.88. The lowest BCUT2D eigenvalue weighted by atomic mass is 10.1. The predicted octanol–water partition coefficient (Wildman–Crippen LogP) is 7.26. The molecule has 0 aromatic heterocycles. The molecule has 1 N–H and O–H groups in total. The van der Waals surface area contributed by atoms with Crippen LogP contribution in [0.1, 0.15) is 16.7 Å². The second-order valence-corrected chi connectivity index (χ2v) is 8.08. The van der Waals surface area contributed by atoms with Gasteiger partial charge < -0.3 is 14.8 Å². The molecule has 3 rings (SSSR count). The summed E-state index contributed by atoms with van der Waals surface area (Å²) < 4.78 is 12.5. The number of benzene rings is 3. The first-order valence-electron chi connectivity index (χ1n) is 8.70. The molecule has 0 bridgehead atoms. The Morgan fingerprint density at radius 3 is 2.50 bits per heavy atom. The highest BCUT2D eigenvalue weighted by molar-refractivity contribution is 9.10. The van der Waals surface area contributed by atoms with E-state index >= 15 is 0 Å². The summed E-state index contributed by atoms with van der Waals surface area (Å²) in [5, 5.41) is 4.63. The molecule has 28 heavy (non-hydrogen) atoms. The lowest BCUT2D eigenvalue weighted by Crippen LogP contribution is -2.03. The van der Waals surface area contributed by atoms with Gasteiger partial charge in [0.05, 0.1) is 7.11 Å². The smallest absolute Gasteiger partial charge is 0.161 e. The van der Waals surface area contributed by atoms with Crippen LogP contribution in [0.15, 0.2) is 59.1 Å². The lowest BCUT2D eigenvalue weighted by Gasteiger charge is -2.14. The zero-order chi connectivity index (χ0) is 20.1. The first-order chi connectivity index (χ1) is 13.5. The number of halogens is 3. The molecule has 0 amide bonds. The highest BCUT2D eigenvalue weighted by Crippen LogP contribution is 2.31. The molecule has 0 atom stereocenters. The summed E-state index contributed by atoms with van der Waals surface area (Å²) in [5.74, 6) is 1.34. The van der Waals surface area contributed by atoms with Gasteiger partial charge >= 0.3 is 0 Å². The van der Waals surface area contributed by atoms with Crippen molar-refractivity contribution in [3.63, 3.8) is 0 Å². The molecule has 0 saturated carbocycles. The highest BCUT2D eigenvalue weighted by Gasteiger charge is 2.09. The molecule has 0 fully saturated rings. The van der Waals surface area contributed by atoms with Crippen LogP contribution >= 0.6 is 39.1 Å². The lowest BCUT2D eigenvalue weighted by molar-refractivity contribution is 0.284. The maximum atomic E-state index is 6.21. The van der Waals surface area contributed by atoms with Crippen LogP contribution in [-0.4, -0.2) is 7.11 Å². The van der Waals surface area contributed by atoms with E-state index in [1.807, 2.05) is 30.3 Å². The van der Waals surface area contributed by atoms with Crippen molar-refractivity contribution in [3.05, 3.63) is 85.8 Å². The standard InChI is InChI=1S/C22H20BrCl2NO2/c1-14-9-17(23)5-7-20(14)26-12-15-3-8-21(22(10-15)27-2)28-13-16-4-6-18(24)11-19(16)25/h3-11,26H,12-13H2,1-2H3. The Balaban J connectivity index is 1.67. The van der Waals surface area contributed by atoms with Crippen LogP contribution < -0.4 is 14.8 Å². The van der Waals surface area contributed by atoms with Crippen molar-refractivity contribution >= 4 is 44.8 Å². The Morgan fingerprint density at radius 1 is 0.964 bits per heavy atom. The summed E-state index contributed by atoms with van der Waals surface area (Å²) in [6.45, 7) is 3.09. The first-order valence-corrected chi connectivity index (χ1v) is 10.2. The SMILES string of the molecule is COc1cc(CNc2ccc(Br)cc2C)ccc1OCc1ccc(Cl)cc1Cl. The van der Waals surface area contributed by atoms with E-state index in [0.717, 1.165) is 21.3 Å². The van der Waals surface area contributed by atoms with Crippen LogP contribution in [-0.2, 0) is 13.2 Å². The fourth-order valence-electron chi connectivity index (χ4n) is 2.76. The molecule has 0 heterocycles. The molecular weight excluding hydrogens is 461 g/mol. The number of nitrogens with one attached hydrogen (secondary N) is 1. The summed E-state index contributed by atoms with van der Waals surface area (Å²) in [6.07, 6.45) is 0. The molecular formula is C22H20BrCl2NO2. The molecule has 0 aliphatic heterocycles. The number of anilines is 1. The van der Waals surface area contributed by atoms with Crippen LogP contribution in [0.4, 0.5) is 5.69 Å². The minimum atomic E-state index is 0.335. The topological polar surface area (TPSA) is 30.5 Å². The van der Waals surface area contributed by atoms with E-state index in [2.05, 4.69) is 40.3 Å². The van der Waals surface area contributed by atoms with Gasteiger partial charge in [0, 0.05) is 32.3 Å². The van der Waals surface area contributed by atoms with Crippen LogP contribution in [0.2, 0.25) is 10.0 Å². The molecule has 0 saturated heterocycles. The van der Waals surface area contributed by atoms with Crippen molar-refractivity contribution in [2.24, 2.45) is 0 Å². The Labute approximate surface area is 183 Å². The summed E-state index contributed by atoms with van der Waals surface area (Å²) in [4.78, 5) is 0. The van der Waals surface area contributed by atoms with E-state index in [1.165, 1.54) is 5.56 Å². The zero-order valence-corrected chi connectivity index (χ0v) is 18.7.